The van der Waals surface area contributed by atoms with Gasteiger partial charge in [0, 0.05) is 53.6 Å². The highest BCUT2D eigenvalue weighted by atomic mass is 32.1. The number of thiophene rings is 1. The standard InChI is InChI=1S/C39H27BN2S/c1-22-12-15-25(16-13-22)42-33-19-17-27-26-8-5-7-11-34(26)43-39(27)36(33)29-21-24(3)35-28-9-4-6-10-31(28)41-32-18-14-23(2)20-30(32)40(42)37(29)38(35)41/h4-21H,1-3H3. The zero-order valence-corrected chi connectivity index (χ0v) is 25.1. The van der Waals surface area contributed by atoms with Crippen LogP contribution in [0.3, 0.4) is 0 Å². The zero-order chi connectivity index (χ0) is 28.6. The lowest BCUT2D eigenvalue weighted by atomic mass is 9.43. The first kappa shape index (κ1) is 23.7. The van der Waals surface area contributed by atoms with Gasteiger partial charge in [-0.05, 0) is 79.2 Å². The van der Waals surface area contributed by atoms with Crippen LogP contribution in [-0.4, -0.2) is 11.4 Å². The second kappa shape index (κ2) is 8.18. The number of rotatable bonds is 1. The number of hydrogen-bond donors (Lipinski definition) is 0. The predicted molar refractivity (Wildman–Crippen MR) is 187 cm³/mol. The van der Waals surface area contributed by atoms with Crippen molar-refractivity contribution in [3.05, 3.63) is 126 Å². The van der Waals surface area contributed by atoms with Crippen molar-refractivity contribution in [2.45, 2.75) is 20.8 Å². The fourth-order valence-electron chi connectivity index (χ4n) is 8.01. The Morgan fingerprint density at radius 3 is 2.26 bits per heavy atom. The molecule has 0 saturated carbocycles. The molecular formula is C39H27BN2S. The summed E-state index contributed by atoms with van der Waals surface area (Å²) in [6, 6.07) is 41.3. The van der Waals surface area contributed by atoms with Gasteiger partial charge in [0.05, 0.1) is 11.0 Å². The SMILES string of the molecule is Cc1ccc(N2B3c4cc(C)ccc4-n4c5ccccc5c5c(C)cc(c3c54)-c3c2ccc2c3sc3ccccc32)cc1. The maximum atomic E-state index is 2.63. The molecule has 2 nitrogen and oxygen atoms in total. The zero-order valence-electron chi connectivity index (χ0n) is 24.3. The van der Waals surface area contributed by atoms with Crippen LogP contribution in [0.25, 0.3) is 58.8 Å². The Hall–Kier alpha value is -4.80. The Bertz CT molecular complexity index is 2500. The second-order valence-electron chi connectivity index (χ2n) is 12.3. The summed E-state index contributed by atoms with van der Waals surface area (Å²) in [4.78, 5) is 2.63. The van der Waals surface area contributed by atoms with Crippen molar-refractivity contribution in [3.8, 4) is 16.8 Å². The maximum Gasteiger partial charge on any atom is 0.333 e. The van der Waals surface area contributed by atoms with Gasteiger partial charge < -0.3 is 9.38 Å². The summed E-state index contributed by atoms with van der Waals surface area (Å²) in [7, 11) is 0. The molecule has 0 radical (unpaired) electrons. The highest BCUT2D eigenvalue weighted by Gasteiger charge is 2.44. The molecule has 2 aliphatic heterocycles. The maximum absolute atomic E-state index is 2.63. The van der Waals surface area contributed by atoms with Gasteiger partial charge in [-0.3, -0.25) is 0 Å². The topological polar surface area (TPSA) is 8.17 Å². The summed E-state index contributed by atoms with van der Waals surface area (Å²) in [5.41, 5.74) is 15.9. The van der Waals surface area contributed by atoms with Crippen molar-refractivity contribution in [1.82, 2.24) is 4.57 Å². The molecule has 0 aliphatic carbocycles. The van der Waals surface area contributed by atoms with Gasteiger partial charge in [0.1, 0.15) is 0 Å². The third-order valence-electron chi connectivity index (χ3n) is 9.79. The Morgan fingerprint density at radius 2 is 1.40 bits per heavy atom. The average molecular weight is 567 g/mol. The van der Waals surface area contributed by atoms with E-state index < -0.39 is 0 Å². The molecule has 0 unspecified atom stereocenters. The molecule has 4 heterocycles. The summed E-state index contributed by atoms with van der Waals surface area (Å²) in [5.74, 6) is 0. The lowest BCUT2D eigenvalue weighted by Crippen LogP contribution is -2.60. The van der Waals surface area contributed by atoms with E-state index in [2.05, 4.69) is 139 Å². The van der Waals surface area contributed by atoms with Crippen LogP contribution in [0.15, 0.2) is 109 Å². The number of aromatic nitrogens is 1. The van der Waals surface area contributed by atoms with Gasteiger partial charge in [0.2, 0.25) is 0 Å². The van der Waals surface area contributed by atoms with Crippen molar-refractivity contribution in [2.75, 3.05) is 4.81 Å². The van der Waals surface area contributed by atoms with E-state index in [1.165, 1.54) is 97.8 Å². The van der Waals surface area contributed by atoms with Crippen molar-refractivity contribution < 1.29 is 0 Å². The van der Waals surface area contributed by atoms with Crippen LogP contribution in [0.1, 0.15) is 16.7 Å². The van der Waals surface area contributed by atoms with E-state index in [4.69, 9.17) is 0 Å². The lowest BCUT2D eigenvalue weighted by Gasteiger charge is -2.42. The number of hydrogen-bond acceptors (Lipinski definition) is 2. The minimum atomic E-state index is 0.0619. The molecule has 0 N–H and O–H groups in total. The van der Waals surface area contributed by atoms with Crippen molar-refractivity contribution in [1.29, 1.82) is 0 Å². The highest BCUT2D eigenvalue weighted by molar-refractivity contribution is 7.26. The van der Waals surface area contributed by atoms with E-state index in [0.717, 1.165) is 0 Å². The molecule has 0 amide bonds. The number of fused-ring (bicyclic) bond motifs is 12. The molecule has 43 heavy (non-hydrogen) atoms. The van der Waals surface area contributed by atoms with E-state index in [1.807, 2.05) is 11.3 Å². The molecule has 4 heteroatoms. The molecule has 0 spiro atoms. The molecule has 0 bridgehead atoms. The summed E-state index contributed by atoms with van der Waals surface area (Å²) in [5, 5.41) is 5.40. The van der Waals surface area contributed by atoms with Gasteiger partial charge in [-0.2, -0.15) is 0 Å². The predicted octanol–water partition coefficient (Wildman–Crippen LogP) is 9.31. The van der Waals surface area contributed by atoms with E-state index in [9.17, 15) is 0 Å². The van der Waals surface area contributed by atoms with Crippen LogP contribution >= 0.6 is 11.3 Å². The molecule has 6 aromatic carbocycles. The quantitative estimate of drug-likeness (QED) is 0.180. The lowest BCUT2D eigenvalue weighted by molar-refractivity contribution is 1.18. The summed E-state index contributed by atoms with van der Waals surface area (Å²) < 4.78 is 5.28. The van der Waals surface area contributed by atoms with Crippen LogP contribution in [0, 0.1) is 20.8 Å². The molecule has 202 valence electrons. The minimum absolute atomic E-state index is 0.0619. The van der Waals surface area contributed by atoms with Gasteiger partial charge in [-0.1, -0.05) is 83.9 Å². The van der Waals surface area contributed by atoms with Crippen LogP contribution in [0.4, 0.5) is 11.4 Å². The molecule has 10 rings (SSSR count). The molecule has 0 saturated heterocycles. The third kappa shape index (κ3) is 2.94. The largest absolute Gasteiger partial charge is 0.376 e. The number of para-hydroxylation sites is 1. The smallest absolute Gasteiger partial charge is 0.333 e. The fourth-order valence-corrected chi connectivity index (χ4v) is 9.27. The van der Waals surface area contributed by atoms with Crippen LogP contribution in [-0.2, 0) is 0 Å². The van der Waals surface area contributed by atoms with Gasteiger partial charge in [-0.25, -0.2) is 0 Å². The second-order valence-corrected chi connectivity index (χ2v) is 13.4. The Labute approximate surface area is 254 Å². The monoisotopic (exact) mass is 566 g/mol. The number of aryl methyl sites for hydroxylation is 3. The minimum Gasteiger partial charge on any atom is -0.376 e. The van der Waals surface area contributed by atoms with Crippen LogP contribution in [0.2, 0.25) is 0 Å². The van der Waals surface area contributed by atoms with Gasteiger partial charge in [-0.15, -0.1) is 11.3 Å². The van der Waals surface area contributed by atoms with Crippen molar-refractivity contribution >= 4 is 82.5 Å². The van der Waals surface area contributed by atoms with E-state index in [0.29, 0.717) is 0 Å². The van der Waals surface area contributed by atoms with Crippen LogP contribution < -0.4 is 15.7 Å². The Balaban J connectivity index is 1.46. The third-order valence-corrected chi connectivity index (χ3v) is 11.0. The normalized spacial score (nSPS) is 13.4. The number of nitrogens with zero attached hydrogens (tertiary/aromatic N) is 2. The van der Waals surface area contributed by atoms with E-state index >= 15 is 0 Å². The first-order valence-corrected chi connectivity index (χ1v) is 15.9. The first-order chi connectivity index (χ1) is 21.1. The van der Waals surface area contributed by atoms with Gasteiger partial charge in [0.25, 0.3) is 0 Å². The molecule has 0 atom stereocenters. The molecule has 2 aromatic heterocycles. The van der Waals surface area contributed by atoms with Crippen molar-refractivity contribution in [3.63, 3.8) is 0 Å². The number of benzene rings is 6. The summed E-state index contributed by atoms with van der Waals surface area (Å²) >= 11 is 1.93. The summed E-state index contributed by atoms with van der Waals surface area (Å²) in [6.07, 6.45) is 0. The average Bonchev–Trinajstić information content (AvgIpc) is 3.58. The fraction of sp³-hybridized carbons (Fsp3) is 0.0769. The first-order valence-electron chi connectivity index (χ1n) is 15.1. The van der Waals surface area contributed by atoms with E-state index in [1.54, 1.807) is 0 Å². The highest BCUT2D eigenvalue weighted by Crippen LogP contribution is 2.51. The molecule has 8 aromatic rings. The molecular weight excluding hydrogens is 539 g/mol. The van der Waals surface area contributed by atoms with Gasteiger partial charge in [0.15, 0.2) is 0 Å². The molecule has 0 fully saturated rings. The van der Waals surface area contributed by atoms with E-state index in [-0.39, 0.29) is 6.85 Å². The summed E-state index contributed by atoms with van der Waals surface area (Å²) in [6.45, 7) is 6.77. The van der Waals surface area contributed by atoms with Crippen molar-refractivity contribution in [2.24, 2.45) is 0 Å². The number of anilines is 2. The molecule has 2 aliphatic rings. The Morgan fingerprint density at radius 1 is 0.651 bits per heavy atom. The Kier molecular flexibility index (Phi) is 4.52. The van der Waals surface area contributed by atoms with Crippen LogP contribution in [0.5, 0.6) is 0 Å². The van der Waals surface area contributed by atoms with Gasteiger partial charge >= 0.3 is 6.85 Å².